The van der Waals surface area contributed by atoms with Crippen LogP contribution in [0.15, 0.2) is 0 Å². The summed E-state index contributed by atoms with van der Waals surface area (Å²) < 4.78 is 0. The molecule has 0 aromatic rings. The quantitative estimate of drug-likeness (QED) is 0.546. The zero-order chi connectivity index (χ0) is 8.04. The van der Waals surface area contributed by atoms with Crippen LogP contribution < -0.4 is 0 Å². The Morgan fingerprint density at radius 2 is 1.40 bits per heavy atom. The minimum absolute atomic E-state index is 0.613. The molecule has 0 aliphatic heterocycles. The number of rotatable bonds is 5. The highest BCUT2D eigenvalue weighted by Crippen LogP contribution is 2.34. The van der Waals surface area contributed by atoms with Gasteiger partial charge in [-0.1, -0.05) is 53.4 Å². The molecular weight excluding hydrogens is 120 g/mol. The van der Waals surface area contributed by atoms with Gasteiger partial charge in [0.2, 0.25) is 0 Å². The maximum atomic E-state index is 3.91. The zero-order valence-corrected chi connectivity index (χ0v) is 7.74. The summed E-state index contributed by atoms with van der Waals surface area (Å²) in [6.07, 6.45) is 6.34. The monoisotopic (exact) mass is 141 g/mol. The van der Waals surface area contributed by atoms with E-state index in [1.165, 1.54) is 25.7 Å². The van der Waals surface area contributed by atoms with Crippen molar-refractivity contribution in [2.75, 3.05) is 0 Å². The smallest absolute Gasteiger partial charge is 0.0305 e. The molecule has 0 bridgehead atoms. The zero-order valence-electron chi connectivity index (χ0n) is 7.74. The van der Waals surface area contributed by atoms with Crippen LogP contribution in [-0.4, -0.2) is 0 Å². The molecule has 0 saturated heterocycles. The van der Waals surface area contributed by atoms with E-state index in [0.29, 0.717) is 5.41 Å². The summed E-state index contributed by atoms with van der Waals surface area (Å²) in [5, 5.41) is 0. The van der Waals surface area contributed by atoms with Gasteiger partial charge >= 0.3 is 0 Å². The minimum Gasteiger partial charge on any atom is -0.0649 e. The highest BCUT2D eigenvalue weighted by atomic mass is 14.3. The molecule has 0 N–H and O–H groups in total. The molecule has 0 aliphatic rings. The molecule has 10 heavy (non-hydrogen) atoms. The molecule has 0 saturated carbocycles. The average molecular weight is 141 g/mol. The van der Waals surface area contributed by atoms with Gasteiger partial charge in [-0.05, 0) is 11.8 Å². The topological polar surface area (TPSA) is 0 Å². The standard InChI is InChI=1S/C10H21/c1-5-9-10(6-2,7-3)8-4/h1,5-9H2,2-4H3. The van der Waals surface area contributed by atoms with E-state index in [0.717, 1.165) is 6.42 Å². The first-order valence-corrected chi connectivity index (χ1v) is 4.54. The largest absolute Gasteiger partial charge is 0.0649 e. The first kappa shape index (κ1) is 10.0. The van der Waals surface area contributed by atoms with Gasteiger partial charge in [-0.3, -0.25) is 0 Å². The Morgan fingerprint density at radius 3 is 1.50 bits per heavy atom. The van der Waals surface area contributed by atoms with Gasteiger partial charge in [0, 0.05) is 0 Å². The normalized spacial score (nSPS) is 12.0. The van der Waals surface area contributed by atoms with Gasteiger partial charge in [0.25, 0.3) is 0 Å². The summed E-state index contributed by atoms with van der Waals surface area (Å²) in [7, 11) is 0. The van der Waals surface area contributed by atoms with Crippen LogP contribution in [0.3, 0.4) is 0 Å². The summed E-state index contributed by atoms with van der Waals surface area (Å²) in [4.78, 5) is 0. The molecule has 0 spiro atoms. The van der Waals surface area contributed by atoms with Crippen molar-refractivity contribution in [2.45, 2.75) is 52.9 Å². The van der Waals surface area contributed by atoms with E-state index < -0.39 is 0 Å². The van der Waals surface area contributed by atoms with Crippen molar-refractivity contribution in [2.24, 2.45) is 5.41 Å². The van der Waals surface area contributed by atoms with Gasteiger partial charge in [0.05, 0.1) is 0 Å². The predicted octanol–water partition coefficient (Wildman–Crippen LogP) is 3.82. The fourth-order valence-corrected chi connectivity index (χ4v) is 1.66. The third kappa shape index (κ3) is 2.32. The van der Waals surface area contributed by atoms with E-state index in [1.807, 2.05) is 0 Å². The van der Waals surface area contributed by atoms with Crippen molar-refractivity contribution in [1.82, 2.24) is 0 Å². The molecule has 0 nitrogen and oxygen atoms in total. The second-order valence-electron chi connectivity index (χ2n) is 3.16. The average Bonchev–Trinajstić information content (AvgIpc) is 2.01. The Kier molecular flexibility index (Phi) is 4.76. The fourth-order valence-electron chi connectivity index (χ4n) is 1.66. The molecule has 0 fully saturated rings. The summed E-state index contributed by atoms with van der Waals surface area (Å²) in [6, 6.07) is 0. The molecule has 61 valence electrons. The minimum atomic E-state index is 0.613. The molecule has 0 aromatic carbocycles. The van der Waals surface area contributed by atoms with Gasteiger partial charge in [-0.15, -0.1) is 0 Å². The Hall–Kier alpha value is 0. The third-order valence-electron chi connectivity index (χ3n) is 2.96. The van der Waals surface area contributed by atoms with Crippen molar-refractivity contribution in [1.29, 1.82) is 0 Å². The van der Waals surface area contributed by atoms with Crippen molar-refractivity contribution in [3.8, 4) is 0 Å². The Labute approximate surface area is 66.0 Å². The molecule has 0 unspecified atom stereocenters. The number of hydrogen-bond acceptors (Lipinski definition) is 0. The third-order valence-corrected chi connectivity index (χ3v) is 2.96. The fraction of sp³-hybridized carbons (Fsp3) is 0.900. The lowest BCUT2D eigenvalue weighted by Crippen LogP contribution is -2.16. The Morgan fingerprint density at radius 1 is 1.00 bits per heavy atom. The van der Waals surface area contributed by atoms with Crippen LogP contribution >= 0.6 is 0 Å². The van der Waals surface area contributed by atoms with Gasteiger partial charge < -0.3 is 0 Å². The molecular formula is C10H21. The highest BCUT2D eigenvalue weighted by molar-refractivity contribution is 4.74. The molecule has 0 amide bonds. The Bertz CT molecular complexity index is 61.8. The second-order valence-corrected chi connectivity index (χ2v) is 3.16. The molecule has 0 rings (SSSR count). The lowest BCUT2D eigenvalue weighted by atomic mass is 9.76. The van der Waals surface area contributed by atoms with E-state index in [2.05, 4.69) is 27.7 Å². The van der Waals surface area contributed by atoms with Crippen molar-refractivity contribution >= 4 is 0 Å². The maximum absolute atomic E-state index is 3.91. The Balaban J connectivity index is 3.87. The SMILES string of the molecule is [CH2]CCC(CC)(CC)CC. The van der Waals surface area contributed by atoms with E-state index in [4.69, 9.17) is 0 Å². The predicted molar refractivity (Wildman–Crippen MR) is 47.9 cm³/mol. The summed E-state index contributed by atoms with van der Waals surface area (Å²) >= 11 is 0. The van der Waals surface area contributed by atoms with Crippen LogP contribution in [0.2, 0.25) is 0 Å². The van der Waals surface area contributed by atoms with Crippen LogP contribution in [0, 0.1) is 12.3 Å². The van der Waals surface area contributed by atoms with E-state index >= 15 is 0 Å². The van der Waals surface area contributed by atoms with Crippen LogP contribution in [0.5, 0.6) is 0 Å². The lowest BCUT2D eigenvalue weighted by Gasteiger charge is -2.29. The van der Waals surface area contributed by atoms with Gasteiger partial charge in [-0.2, -0.15) is 0 Å². The summed E-state index contributed by atoms with van der Waals surface area (Å²) in [5.41, 5.74) is 0.613. The molecule has 1 radical (unpaired) electrons. The second kappa shape index (κ2) is 4.76. The molecule has 0 heteroatoms. The molecule has 0 aromatic heterocycles. The van der Waals surface area contributed by atoms with E-state index in [9.17, 15) is 0 Å². The van der Waals surface area contributed by atoms with Crippen LogP contribution in [0.4, 0.5) is 0 Å². The lowest BCUT2D eigenvalue weighted by molar-refractivity contribution is 0.230. The van der Waals surface area contributed by atoms with Gasteiger partial charge in [-0.25, -0.2) is 0 Å². The van der Waals surface area contributed by atoms with Crippen LogP contribution in [0.1, 0.15) is 52.9 Å². The summed E-state index contributed by atoms with van der Waals surface area (Å²) in [6.45, 7) is 10.8. The number of hydrogen-bond donors (Lipinski definition) is 0. The molecule has 0 atom stereocenters. The van der Waals surface area contributed by atoms with Crippen molar-refractivity contribution < 1.29 is 0 Å². The summed E-state index contributed by atoms with van der Waals surface area (Å²) in [5.74, 6) is 0. The van der Waals surface area contributed by atoms with Gasteiger partial charge in [0.15, 0.2) is 0 Å². The highest BCUT2D eigenvalue weighted by Gasteiger charge is 2.21. The first-order chi connectivity index (χ1) is 4.74. The van der Waals surface area contributed by atoms with E-state index in [-0.39, 0.29) is 0 Å². The van der Waals surface area contributed by atoms with Crippen molar-refractivity contribution in [3.63, 3.8) is 0 Å². The molecule has 0 heterocycles. The van der Waals surface area contributed by atoms with Crippen LogP contribution in [-0.2, 0) is 0 Å². The first-order valence-electron chi connectivity index (χ1n) is 4.54. The van der Waals surface area contributed by atoms with E-state index in [1.54, 1.807) is 0 Å². The maximum Gasteiger partial charge on any atom is -0.0305 e. The molecule has 0 aliphatic carbocycles. The van der Waals surface area contributed by atoms with Gasteiger partial charge in [0.1, 0.15) is 0 Å². The van der Waals surface area contributed by atoms with Crippen LogP contribution in [0.25, 0.3) is 0 Å². The van der Waals surface area contributed by atoms with Crippen molar-refractivity contribution in [3.05, 3.63) is 6.92 Å².